The number of allylic oxidation sites excluding steroid dienone is 1. The average molecular weight is 352 g/mol. The van der Waals surface area contributed by atoms with Gasteiger partial charge in [0.05, 0.1) is 17.4 Å². The van der Waals surface area contributed by atoms with Crippen LogP contribution in [0.25, 0.3) is 10.2 Å². The van der Waals surface area contributed by atoms with Gasteiger partial charge in [-0.3, -0.25) is 9.69 Å². The number of pyridine rings is 1. The number of carbonyl (C=O) groups excluding carboxylic acids is 1. The Hall–Kier alpha value is -2.66. The molecule has 0 bridgehead atoms. The van der Waals surface area contributed by atoms with Gasteiger partial charge in [0.25, 0.3) is 5.91 Å². The highest BCUT2D eigenvalue weighted by Crippen LogP contribution is 2.32. The Morgan fingerprint density at radius 3 is 2.68 bits per heavy atom. The molecule has 1 aromatic carbocycles. The van der Waals surface area contributed by atoms with E-state index in [9.17, 15) is 4.79 Å². The summed E-state index contributed by atoms with van der Waals surface area (Å²) in [5.41, 5.74) is 2.09. The first-order chi connectivity index (χ1) is 12.2. The number of ether oxygens (including phenoxy) is 1. The van der Waals surface area contributed by atoms with E-state index in [4.69, 9.17) is 4.74 Å². The summed E-state index contributed by atoms with van der Waals surface area (Å²) in [5, 5.41) is 0.861. The van der Waals surface area contributed by atoms with Gasteiger partial charge >= 0.3 is 0 Å². The van der Waals surface area contributed by atoms with Crippen LogP contribution < -0.4 is 9.64 Å². The lowest BCUT2D eigenvalue weighted by Gasteiger charge is -2.18. The monoisotopic (exact) mass is 352 g/mol. The summed E-state index contributed by atoms with van der Waals surface area (Å²) in [5.74, 6) is 0.651. The van der Waals surface area contributed by atoms with E-state index in [-0.39, 0.29) is 5.91 Å². The lowest BCUT2D eigenvalue weighted by Crippen LogP contribution is -2.24. The molecule has 0 aliphatic heterocycles. The quantitative estimate of drug-likeness (QED) is 0.645. The smallest absolute Gasteiger partial charge is 0.272 e. The van der Waals surface area contributed by atoms with Crippen molar-refractivity contribution in [3.8, 4) is 5.75 Å². The van der Waals surface area contributed by atoms with Crippen LogP contribution in [0.3, 0.4) is 0 Å². The largest absolute Gasteiger partial charge is 0.496 e. The molecule has 3 aromatic rings. The van der Waals surface area contributed by atoms with Gasteiger partial charge in [-0.1, -0.05) is 25.1 Å². The van der Waals surface area contributed by atoms with Crippen LogP contribution in [0.4, 0.5) is 5.69 Å². The zero-order valence-corrected chi connectivity index (χ0v) is 15.3. The van der Waals surface area contributed by atoms with E-state index in [0.29, 0.717) is 4.88 Å². The second-order valence-electron chi connectivity index (χ2n) is 5.52. The number of hydrogen-bond acceptors (Lipinski definition) is 4. The number of aryl methyl sites for hydroxylation is 1. The Morgan fingerprint density at radius 1 is 1.28 bits per heavy atom. The second-order valence-corrected chi connectivity index (χ2v) is 6.55. The average Bonchev–Trinajstić information content (AvgIpc) is 3.10. The van der Waals surface area contributed by atoms with Crippen molar-refractivity contribution >= 4 is 33.1 Å². The number of benzene rings is 1. The van der Waals surface area contributed by atoms with Gasteiger partial charge in [-0.2, -0.15) is 0 Å². The van der Waals surface area contributed by atoms with Crippen molar-refractivity contribution in [3.63, 3.8) is 0 Å². The maximum Gasteiger partial charge on any atom is 0.272 e. The summed E-state index contributed by atoms with van der Waals surface area (Å²) < 4.78 is 5.37. The number of thiophene rings is 1. The molecule has 128 valence electrons. The number of amides is 1. The summed E-state index contributed by atoms with van der Waals surface area (Å²) in [4.78, 5) is 20.5. The van der Waals surface area contributed by atoms with Gasteiger partial charge in [0.1, 0.15) is 10.6 Å². The SMILES string of the molecule is C/C=C\N(C(=O)c1cc2c(OC)ccnc2s1)c1ccc(CC)cc1. The summed E-state index contributed by atoms with van der Waals surface area (Å²) in [6.07, 6.45) is 6.31. The number of carbonyl (C=O) groups is 1. The highest BCUT2D eigenvalue weighted by Gasteiger charge is 2.19. The molecule has 2 aromatic heterocycles. The second kappa shape index (κ2) is 7.49. The van der Waals surface area contributed by atoms with Gasteiger partial charge in [0.2, 0.25) is 0 Å². The molecular formula is C20H20N2O2S. The van der Waals surface area contributed by atoms with Gasteiger partial charge in [0.15, 0.2) is 0 Å². The highest BCUT2D eigenvalue weighted by molar-refractivity contribution is 7.20. The standard InChI is InChI=1S/C20H20N2O2S/c1-4-12-22(15-8-6-14(5-2)7-9-15)20(23)18-13-16-17(24-3)10-11-21-19(16)25-18/h4,6-13H,5H2,1-3H3/b12-4-. The molecule has 0 atom stereocenters. The highest BCUT2D eigenvalue weighted by atomic mass is 32.1. The van der Waals surface area contributed by atoms with Crippen molar-refractivity contribution in [3.05, 3.63) is 65.3 Å². The molecule has 0 aliphatic rings. The van der Waals surface area contributed by atoms with Crippen molar-refractivity contribution in [1.29, 1.82) is 0 Å². The van der Waals surface area contributed by atoms with Crippen LogP contribution in [0, 0.1) is 0 Å². The minimum atomic E-state index is -0.0765. The van der Waals surface area contributed by atoms with Gasteiger partial charge < -0.3 is 4.74 Å². The predicted octanol–water partition coefficient (Wildman–Crippen LogP) is 5.05. The van der Waals surface area contributed by atoms with Crippen LogP contribution in [0.2, 0.25) is 0 Å². The molecule has 3 rings (SSSR count). The zero-order valence-electron chi connectivity index (χ0n) is 14.5. The molecule has 25 heavy (non-hydrogen) atoms. The lowest BCUT2D eigenvalue weighted by molar-refractivity contribution is 0.100. The Kier molecular flexibility index (Phi) is 5.14. The molecule has 1 amide bonds. The molecule has 0 saturated carbocycles. The van der Waals surface area contributed by atoms with E-state index in [1.807, 2.05) is 31.2 Å². The third-order valence-corrected chi connectivity index (χ3v) is 5.00. The lowest BCUT2D eigenvalue weighted by atomic mass is 10.1. The first-order valence-electron chi connectivity index (χ1n) is 8.15. The van der Waals surface area contributed by atoms with Gasteiger partial charge in [-0.25, -0.2) is 4.98 Å². The third-order valence-electron chi connectivity index (χ3n) is 3.97. The molecule has 0 unspecified atom stereocenters. The maximum atomic E-state index is 13.1. The number of nitrogens with zero attached hydrogens (tertiary/aromatic N) is 2. The molecule has 0 fully saturated rings. The summed E-state index contributed by atoms with van der Waals surface area (Å²) in [7, 11) is 1.62. The topological polar surface area (TPSA) is 42.4 Å². The number of hydrogen-bond donors (Lipinski definition) is 0. The molecule has 2 heterocycles. The maximum absolute atomic E-state index is 13.1. The van der Waals surface area contributed by atoms with Crippen molar-refractivity contribution in [2.45, 2.75) is 20.3 Å². The Balaban J connectivity index is 2.00. The number of methoxy groups -OCH3 is 1. The van der Waals surface area contributed by atoms with Crippen molar-refractivity contribution < 1.29 is 9.53 Å². The van der Waals surface area contributed by atoms with E-state index in [1.54, 1.807) is 30.5 Å². The van der Waals surface area contributed by atoms with E-state index < -0.39 is 0 Å². The predicted molar refractivity (Wildman–Crippen MR) is 104 cm³/mol. The van der Waals surface area contributed by atoms with Crippen LogP contribution in [0.15, 0.2) is 54.9 Å². The van der Waals surface area contributed by atoms with Crippen molar-refractivity contribution in [2.24, 2.45) is 0 Å². The molecule has 0 spiro atoms. The normalized spacial score (nSPS) is 11.2. The molecule has 0 N–H and O–H groups in total. The van der Waals surface area contributed by atoms with Crippen LogP contribution in [0.5, 0.6) is 5.75 Å². The molecule has 0 radical (unpaired) electrons. The zero-order chi connectivity index (χ0) is 17.8. The molecular weight excluding hydrogens is 332 g/mol. The molecule has 5 heteroatoms. The minimum Gasteiger partial charge on any atom is -0.496 e. The van der Waals surface area contributed by atoms with Crippen molar-refractivity contribution in [2.75, 3.05) is 12.0 Å². The third kappa shape index (κ3) is 3.42. The fraction of sp³-hybridized carbons (Fsp3) is 0.200. The molecule has 0 saturated heterocycles. The Morgan fingerprint density at radius 2 is 2.04 bits per heavy atom. The van der Waals surface area contributed by atoms with Crippen LogP contribution >= 0.6 is 11.3 Å². The Bertz CT molecular complexity index is 913. The van der Waals surface area contributed by atoms with Gasteiger partial charge in [-0.05, 0) is 43.2 Å². The van der Waals surface area contributed by atoms with E-state index in [0.717, 1.165) is 28.1 Å². The molecule has 4 nitrogen and oxygen atoms in total. The van der Waals surface area contributed by atoms with E-state index >= 15 is 0 Å². The van der Waals surface area contributed by atoms with Gasteiger partial charge in [-0.15, -0.1) is 11.3 Å². The van der Waals surface area contributed by atoms with E-state index in [1.165, 1.54) is 16.9 Å². The van der Waals surface area contributed by atoms with Crippen molar-refractivity contribution in [1.82, 2.24) is 4.98 Å². The number of aromatic nitrogens is 1. The molecule has 0 aliphatic carbocycles. The minimum absolute atomic E-state index is 0.0765. The Labute approximate surface area is 151 Å². The van der Waals surface area contributed by atoms with Crippen LogP contribution in [-0.4, -0.2) is 18.0 Å². The summed E-state index contributed by atoms with van der Waals surface area (Å²) >= 11 is 1.38. The van der Waals surface area contributed by atoms with Gasteiger partial charge in [0, 0.05) is 18.1 Å². The number of anilines is 1. The van der Waals surface area contributed by atoms with E-state index in [2.05, 4.69) is 24.0 Å². The summed E-state index contributed by atoms with van der Waals surface area (Å²) in [6, 6.07) is 11.7. The van der Waals surface area contributed by atoms with Crippen LogP contribution in [0.1, 0.15) is 29.1 Å². The summed E-state index contributed by atoms with van der Waals surface area (Å²) in [6.45, 7) is 4.01. The number of rotatable bonds is 5. The fourth-order valence-corrected chi connectivity index (χ4v) is 3.58. The first-order valence-corrected chi connectivity index (χ1v) is 8.97. The fourth-order valence-electron chi connectivity index (χ4n) is 2.63. The first kappa shape index (κ1) is 17.2. The number of fused-ring (bicyclic) bond motifs is 1. The van der Waals surface area contributed by atoms with Crippen LogP contribution in [-0.2, 0) is 6.42 Å².